The van der Waals surface area contributed by atoms with Crippen LogP contribution in [0.25, 0.3) is 0 Å². The van der Waals surface area contributed by atoms with E-state index >= 15 is 0 Å². The summed E-state index contributed by atoms with van der Waals surface area (Å²) >= 11 is 0. The van der Waals surface area contributed by atoms with Crippen molar-refractivity contribution >= 4 is 0 Å². The van der Waals surface area contributed by atoms with E-state index in [9.17, 15) is 0 Å². The van der Waals surface area contributed by atoms with Crippen molar-refractivity contribution in [2.24, 2.45) is 0 Å². The Balaban J connectivity index is 1.55. The second-order valence-electron chi connectivity index (χ2n) is 5.06. The predicted octanol–water partition coefficient (Wildman–Crippen LogP) is 0.661. The molecule has 0 aromatic carbocycles. The van der Waals surface area contributed by atoms with Gasteiger partial charge in [-0.25, -0.2) is 0 Å². The fraction of sp³-hybridized carbons (Fsp3) is 1.00. The molecule has 5 nitrogen and oxygen atoms in total. The van der Waals surface area contributed by atoms with Gasteiger partial charge < -0.3 is 24.6 Å². The number of hydrogen-bond acceptors (Lipinski definition) is 5. The summed E-state index contributed by atoms with van der Waals surface area (Å²) < 4.78 is 17.1. The standard InChI is InChI=1S/C13H25NO4/c15-7-9-16-8-6-14-10-12-11-17-13(18-12)4-2-1-3-5-13/h12,14-15H,1-11H2. The molecule has 0 aromatic rings. The zero-order valence-corrected chi connectivity index (χ0v) is 11.0. The van der Waals surface area contributed by atoms with Gasteiger partial charge in [0.05, 0.1) is 32.5 Å². The van der Waals surface area contributed by atoms with Crippen molar-refractivity contribution in [2.45, 2.75) is 44.0 Å². The van der Waals surface area contributed by atoms with Crippen molar-refractivity contribution in [3.63, 3.8) is 0 Å². The van der Waals surface area contributed by atoms with Gasteiger partial charge in [0.2, 0.25) is 0 Å². The fourth-order valence-corrected chi connectivity index (χ4v) is 2.64. The molecule has 1 aliphatic heterocycles. The van der Waals surface area contributed by atoms with E-state index in [1.54, 1.807) is 0 Å². The first-order valence-corrected chi connectivity index (χ1v) is 7.06. The normalized spacial score (nSPS) is 26.8. The van der Waals surface area contributed by atoms with Gasteiger partial charge in [-0.1, -0.05) is 6.42 Å². The first-order valence-electron chi connectivity index (χ1n) is 7.06. The summed E-state index contributed by atoms with van der Waals surface area (Å²) in [6.45, 7) is 3.41. The van der Waals surface area contributed by atoms with Gasteiger partial charge in [0, 0.05) is 25.9 Å². The van der Waals surface area contributed by atoms with Crippen LogP contribution >= 0.6 is 0 Å². The monoisotopic (exact) mass is 259 g/mol. The quantitative estimate of drug-likeness (QED) is 0.658. The Morgan fingerprint density at radius 2 is 2.06 bits per heavy atom. The summed E-state index contributed by atoms with van der Waals surface area (Å²) in [5.41, 5.74) is 0. The summed E-state index contributed by atoms with van der Waals surface area (Å²) in [4.78, 5) is 0. The van der Waals surface area contributed by atoms with Crippen LogP contribution in [0.15, 0.2) is 0 Å². The predicted molar refractivity (Wildman–Crippen MR) is 67.4 cm³/mol. The third kappa shape index (κ3) is 4.17. The number of hydrogen-bond donors (Lipinski definition) is 2. The molecule has 0 bridgehead atoms. The lowest BCUT2D eigenvalue weighted by molar-refractivity contribution is -0.186. The van der Waals surface area contributed by atoms with Crippen LogP contribution in [0.2, 0.25) is 0 Å². The Bertz CT molecular complexity index is 231. The third-order valence-corrected chi connectivity index (χ3v) is 3.56. The molecule has 1 heterocycles. The number of ether oxygens (including phenoxy) is 3. The molecule has 1 unspecified atom stereocenters. The molecule has 2 rings (SSSR count). The molecule has 0 radical (unpaired) electrons. The molecule has 2 fully saturated rings. The summed E-state index contributed by atoms with van der Waals surface area (Å²) in [6, 6.07) is 0. The highest BCUT2D eigenvalue weighted by atomic mass is 16.7. The van der Waals surface area contributed by atoms with Crippen molar-refractivity contribution in [3.8, 4) is 0 Å². The molecule has 2 aliphatic rings. The molecule has 0 aromatic heterocycles. The zero-order chi connectivity index (χ0) is 12.7. The van der Waals surface area contributed by atoms with Crippen molar-refractivity contribution < 1.29 is 19.3 Å². The minimum absolute atomic E-state index is 0.0854. The number of nitrogens with one attached hydrogen (secondary N) is 1. The summed E-state index contributed by atoms with van der Waals surface area (Å²) in [5.74, 6) is -0.266. The van der Waals surface area contributed by atoms with Gasteiger partial charge in [-0.2, -0.15) is 0 Å². The molecular formula is C13H25NO4. The Kier molecular flexibility index (Phi) is 5.85. The lowest BCUT2D eigenvalue weighted by Crippen LogP contribution is -2.36. The van der Waals surface area contributed by atoms with Crippen molar-refractivity contribution in [2.75, 3.05) is 39.5 Å². The van der Waals surface area contributed by atoms with Gasteiger partial charge in [0.15, 0.2) is 5.79 Å². The van der Waals surface area contributed by atoms with Crippen molar-refractivity contribution in [1.82, 2.24) is 5.32 Å². The van der Waals surface area contributed by atoms with E-state index in [-0.39, 0.29) is 18.5 Å². The molecule has 5 heteroatoms. The SMILES string of the molecule is OCCOCCNCC1COC2(CCCCC2)O1. The Labute approximate surface area is 109 Å². The van der Waals surface area contributed by atoms with Gasteiger partial charge >= 0.3 is 0 Å². The highest BCUT2D eigenvalue weighted by Crippen LogP contribution is 2.37. The highest BCUT2D eigenvalue weighted by molar-refractivity contribution is 4.83. The molecule has 1 atom stereocenters. The van der Waals surface area contributed by atoms with Gasteiger partial charge in [0.1, 0.15) is 0 Å². The molecule has 106 valence electrons. The zero-order valence-electron chi connectivity index (χ0n) is 11.0. The first-order chi connectivity index (χ1) is 8.85. The van der Waals surface area contributed by atoms with Crippen LogP contribution in [0.1, 0.15) is 32.1 Å². The largest absolute Gasteiger partial charge is 0.394 e. The molecule has 1 saturated carbocycles. The average Bonchev–Trinajstić information content (AvgIpc) is 2.78. The van der Waals surface area contributed by atoms with Crippen LogP contribution in [0, 0.1) is 0 Å². The van der Waals surface area contributed by atoms with Crippen LogP contribution in [0.5, 0.6) is 0 Å². The Hall–Kier alpha value is -0.200. The summed E-state index contributed by atoms with van der Waals surface area (Å²) in [6.07, 6.45) is 6.00. The van der Waals surface area contributed by atoms with E-state index in [1.807, 2.05) is 0 Å². The molecule has 0 amide bonds. The van der Waals surface area contributed by atoms with Gasteiger partial charge in [-0.05, 0) is 12.8 Å². The first kappa shape index (κ1) is 14.2. The second kappa shape index (κ2) is 7.40. The summed E-state index contributed by atoms with van der Waals surface area (Å²) in [5, 5.41) is 11.9. The molecule has 1 spiro atoms. The average molecular weight is 259 g/mol. The van der Waals surface area contributed by atoms with Crippen LogP contribution in [-0.4, -0.2) is 56.5 Å². The lowest BCUT2D eigenvalue weighted by atomic mass is 9.94. The van der Waals surface area contributed by atoms with Crippen molar-refractivity contribution in [1.29, 1.82) is 0 Å². The molecular weight excluding hydrogens is 234 g/mol. The third-order valence-electron chi connectivity index (χ3n) is 3.56. The smallest absolute Gasteiger partial charge is 0.168 e. The number of aliphatic hydroxyl groups is 1. The fourth-order valence-electron chi connectivity index (χ4n) is 2.64. The van der Waals surface area contributed by atoms with Gasteiger partial charge in [-0.3, -0.25) is 0 Å². The molecule has 2 N–H and O–H groups in total. The Morgan fingerprint density at radius 1 is 1.22 bits per heavy atom. The van der Waals surface area contributed by atoms with Crippen LogP contribution < -0.4 is 5.32 Å². The van der Waals surface area contributed by atoms with Crippen LogP contribution in [-0.2, 0) is 14.2 Å². The van der Waals surface area contributed by atoms with Gasteiger partial charge in [0.25, 0.3) is 0 Å². The van der Waals surface area contributed by atoms with E-state index in [4.69, 9.17) is 19.3 Å². The molecule has 1 aliphatic carbocycles. The minimum atomic E-state index is -0.266. The van der Waals surface area contributed by atoms with Gasteiger partial charge in [-0.15, -0.1) is 0 Å². The van der Waals surface area contributed by atoms with Crippen molar-refractivity contribution in [3.05, 3.63) is 0 Å². The molecule has 18 heavy (non-hydrogen) atoms. The minimum Gasteiger partial charge on any atom is -0.394 e. The van der Waals surface area contributed by atoms with E-state index in [0.29, 0.717) is 19.8 Å². The maximum absolute atomic E-state index is 8.55. The van der Waals surface area contributed by atoms with Crippen LogP contribution in [0.4, 0.5) is 0 Å². The highest BCUT2D eigenvalue weighted by Gasteiger charge is 2.41. The molecule has 1 saturated heterocycles. The second-order valence-corrected chi connectivity index (χ2v) is 5.06. The topological polar surface area (TPSA) is 60.0 Å². The van der Waals surface area contributed by atoms with E-state index in [0.717, 1.165) is 25.9 Å². The maximum atomic E-state index is 8.55. The maximum Gasteiger partial charge on any atom is 0.168 e. The summed E-state index contributed by atoms with van der Waals surface area (Å²) in [7, 11) is 0. The van der Waals surface area contributed by atoms with E-state index in [2.05, 4.69) is 5.32 Å². The number of aliphatic hydroxyl groups excluding tert-OH is 1. The van der Waals surface area contributed by atoms with Crippen LogP contribution in [0.3, 0.4) is 0 Å². The lowest BCUT2D eigenvalue weighted by Gasteiger charge is -2.31. The Morgan fingerprint density at radius 3 is 2.83 bits per heavy atom. The van der Waals surface area contributed by atoms with E-state index < -0.39 is 0 Å². The number of rotatable bonds is 7. The van der Waals surface area contributed by atoms with E-state index in [1.165, 1.54) is 19.3 Å².